The van der Waals surface area contributed by atoms with Crippen molar-refractivity contribution in [1.29, 1.82) is 5.26 Å². The van der Waals surface area contributed by atoms with Gasteiger partial charge in [-0.05, 0) is 49.2 Å². The minimum Gasteiger partial charge on any atom is -0.454 e. The van der Waals surface area contributed by atoms with Crippen molar-refractivity contribution >= 4 is 34.9 Å². The van der Waals surface area contributed by atoms with E-state index in [2.05, 4.69) is 15.6 Å². The number of carbonyl (C=O) groups is 2. The molecule has 3 aromatic rings. The van der Waals surface area contributed by atoms with E-state index < -0.39 is 11.7 Å². The smallest absolute Gasteiger partial charge is 0.259 e. The van der Waals surface area contributed by atoms with Crippen LogP contribution in [0.5, 0.6) is 11.5 Å². The minimum absolute atomic E-state index is 0.134. The SMILES string of the molecule is Cc1ccc2c(c1)NC(=O)c1ccccc1O2.N#CC1C=C(F)C(c2ncc(CNC=O)s2)=CC1. The second-order valence-corrected chi connectivity index (χ2v) is 8.90. The van der Waals surface area contributed by atoms with Gasteiger partial charge < -0.3 is 15.4 Å². The molecule has 35 heavy (non-hydrogen) atoms. The van der Waals surface area contributed by atoms with E-state index in [0.717, 1.165) is 10.4 Å². The molecule has 1 atom stereocenters. The summed E-state index contributed by atoms with van der Waals surface area (Å²) in [5, 5.41) is 14.7. The highest BCUT2D eigenvalue weighted by molar-refractivity contribution is 7.12. The number of hydrogen-bond acceptors (Lipinski definition) is 6. The predicted octanol–water partition coefficient (Wildman–Crippen LogP) is 5.52. The first kappa shape index (κ1) is 23.9. The molecule has 1 aliphatic heterocycles. The number of ether oxygens (including phenoxy) is 1. The molecule has 2 amide bonds. The van der Waals surface area contributed by atoms with Crippen molar-refractivity contribution in [3.05, 3.63) is 87.7 Å². The molecule has 9 heteroatoms. The maximum atomic E-state index is 13.8. The van der Waals surface area contributed by atoms with E-state index in [0.29, 0.717) is 52.7 Å². The summed E-state index contributed by atoms with van der Waals surface area (Å²) >= 11 is 1.33. The van der Waals surface area contributed by atoms with Crippen molar-refractivity contribution in [1.82, 2.24) is 10.3 Å². The summed E-state index contributed by atoms with van der Waals surface area (Å²) in [6.07, 6.45) is 5.73. The molecule has 5 rings (SSSR count). The number of carbonyl (C=O) groups excluding carboxylic acids is 2. The van der Waals surface area contributed by atoms with E-state index >= 15 is 0 Å². The average Bonchev–Trinajstić information content (AvgIpc) is 3.28. The molecule has 0 spiro atoms. The van der Waals surface area contributed by atoms with Crippen LogP contribution in [0.2, 0.25) is 0 Å². The van der Waals surface area contributed by atoms with Crippen LogP contribution in [0.4, 0.5) is 10.1 Å². The summed E-state index contributed by atoms with van der Waals surface area (Å²) in [5.41, 5.74) is 2.79. The maximum Gasteiger partial charge on any atom is 0.259 e. The van der Waals surface area contributed by atoms with Crippen LogP contribution >= 0.6 is 11.3 Å². The zero-order valence-corrected chi connectivity index (χ0v) is 19.6. The number of benzene rings is 2. The summed E-state index contributed by atoms with van der Waals surface area (Å²) in [4.78, 5) is 27.1. The second kappa shape index (κ2) is 10.8. The summed E-state index contributed by atoms with van der Waals surface area (Å²) in [7, 11) is 0. The van der Waals surface area contributed by atoms with Gasteiger partial charge in [0.05, 0.1) is 29.8 Å². The fourth-order valence-corrected chi connectivity index (χ4v) is 4.40. The van der Waals surface area contributed by atoms with Crippen LogP contribution in [0.15, 0.2) is 66.6 Å². The van der Waals surface area contributed by atoms with Crippen molar-refractivity contribution in [2.75, 3.05) is 5.32 Å². The summed E-state index contributed by atoms with van der Waals surface area (Å²) < 4.78 is 19.5. The number of allylic oxidation sites excluding steroid dienone is 4. The highest BCUT2D eigenvalue weighted by Crippen LogP contribution is 2.36. The van der Waals surface area contributed by atoms with E-state index in [9.17, 15) is 14.0 Å². The number of thiazole rings is 1. The van der Waals surface area contributed by atoms with Gasteiger partial charge in [-0.3, -0.25) is 9.59 Å². The lowest BCUT2D eigenvalue weighted by atomic mass is 9.97. The molecular weight excluding hydrogens is 467 g/mol. The van der Waals surface area contributed by atoms with Gasteiger partial charge in [-0.2, -0.15) is 5.26 Å². The van der Waals surface area contributed by atoms with Gasteiger partial charge in [0.2, 0.25) is 6.41 Å². The third-order valence-corrected chi connectivity index (χ3v) is 6.26. The summed E-state index contributed by atoms with van der Waals surface area (Å²) in [6, 6.07) is 15.0. The van der Waals surface area contributed by atoms with Crippen LogP contribution in [0.1, 0.15) is 32.2 Å². The van der Waals surface area contributed by atoms with Crippen molar-refractivity contribution < 1.29 is 18.7 Å². The lowest BCUT2D eigenvalue weighted by molar-refractivity contribution is -0.109. The molecule has 0 radical (unpaired) electrons. The number of nitrogens with one attached hydrogen (secondary N) is 2. The van der Waals surface area contributed by atoms with E-state index in [1.807, 2.05) is 43.3 Å². The van der Waals surface area contributed by atoms with E-state index in [1.54, 1.807) is 24.4 Å². The molecule has 2 heterocycles. The molecule has 2 aromatic carbocycles. The summed E-state index contributed by atoms with van der Waals surface area (Å²) in [5.74, 6) is 0.327. The Balaban J connectivity index is 0.000000165. The lowest BCUT2D eigenvalue weighted by Crippen LogP contribution is -2.10. The Labute approximate surface area is 205 Å². The highest BCUT2D eigenvalue weighted by atomic mass is 32.1. The van der Waals surface area contributed by atoms with Crippen molar-refractivity contribution in [2.45, 2.75) is 19.9 Å². The van der Waals surface area contributed by atoms with Crippen molar-refractivity contribution in [3.63, 3.8) is 0 Å². The number of hydrogen-bond donors (Lipinski definition) is 2. The predicted molar refractivity (Wildman–Crippen MR) is 132 cm³/mol. The van der Waals surface area contributed by atoms with Crippen LogP contribution in [-0.4, -0.2) is 17.3 Å². The first-order valence-electron chi connectivity index (χ1n) is 10.8. The zero-order chi connectivity index (χ0) is 24.8. The van der Waals surface area contributed by atoms with Gasteiger partial charge in [0.15, 0.2) is 5.75 Å². The molecule has 1 aliphatic carbocycles. The molecule has 0 saturated carbocycles. The third kappa shape index (κ3) is 5.62. The average molecular weight is 489 g/mol. The molecule has 0 bridgehead atoms. The maximum absolute atomic E-state index is 13.8. The van der Waals surface area contributed by atoms with Crippen molar-refractivity contribution in [3.8, 4) is 17.6 Å². The zero-order valence-electron chi connectivity index (χ0n) is 18.7. The van der Waals surface area contributed by atoms with Crippen molar-refractivity contribution in [2.24, 2.45) is 5.92 Å². The lowest BCUT2D eigenvalue weighted by Gasteiger charge is -2.10. The topological polar surface area (TPSA) is 104 Å². The number of anilines is 1. The highest BCUT2D eigenvalue weighted by Gasteiger charge is 2.20. The quantitative estimate of drug-likeness (QED) is 0.471. The van der Waals surface area contributed by atoms with E-state index in [4.69, 9.17) is 10.00 Å². The third-order valence-electron chi connectivity index (χ3n) is 5.23. The van der Waals surface area contributed by atoms with Gasteiger partial charge in [-0.1, -0.05) is 24.3 Å². The number of amides is 2. The van der Waals surface area contributed by atoms with Gasteiger partial charge in [0.1, 0.15) is 16.6 Å². The molecule has 0 fully saturated rings. The van der Waals surface area contributed by atoms with Crippen LogP contribution in [-0.2, 0) is 11.3 Å². The fourth-order valence-electron chi connectivity index (χ4n) is 3.49. The first-order valence-corrected chi connectivity index (χ1v) is 11.6. The van der Waals surface area contributed by atoms with Gasteiger partial charge >= 0.3 is 0 Å². The molecule has 176 valence electrons. The Morgan fingerprint density at radius 3 is 2.91 bits per heavy atom. The number of rotatable bonds is 4. The van der Waals surface area contributed by atoms with Crippen LogP contribution < -0.4 is 15.4 Å². The Morgan fingerprint density at radius 1 is 1.31 bits per heavy atom. The van der Waals surface area contributed by atoms with Crippen LogP contribution in [0, 0.1) is 24.2 Å². The molecular formula is C26H21FN4O3S. The first-order chi connectivity index (χ1) is 17.0. The van der Waals surface area contributed by atoms with Crippen LogP contribution in [0.25, 0.3) is 5.57 Å². The largest absolute Gasteiger partial charge is 0.454 e. The molecule has 2 N–H and O–H groups in total. The summed E-state index contributed by atoms with van der Waals surface area (Å²) in [6.45, 7) is 2.37. The number of halogens is 1. The molecule has 0 saturated heterocycles. The van der Waals surface area contributed by atoms with Gasteiger partial charge in [-0.15, -0.1) is 11.3 Å². The number of aryl methyl sites for hydroxylation is 1. The van der Waals surface area contributed by atoms with E-state index in [1.165, 1.54) is 17.4 Å². The second-order valence-electron chi connectivity index (χ2n) is 7.79. The Bertz CT molecular complexity index is 1370. The number of nitriles is 1. The Morgan fingerprint density at radius 2 is 2.14 bits per heavy atom. The van der Waals surface area contributed by atoms with Gasteiger partial charge in [0, 0.05) is 16.6 Å². The monoisotopic (exact) mass is 488 g/mol. The fraction of sp³-hybridized carbons (Fsp3) is 0.154. The number of para-hydroxylation sites is 1. The number of nitrogens with zero attached hydrogens (tertiary/aromatic N) is 2. The van der Waals surface area contributed by atoms with Gasteiger partial charge in [-0.25, -0.2) is 9.37 Å². The molecule has 2 aliphatic rings. The number of fused-ring (bicyclic) bond motifs is 2. The minimum atomic E-state index is -0.406. The Hall–Kier alpha value is -4.29. The van der Waals surface area contributed by atoms with Gasteiger partial charge in [0.25, 0.3) is 5.91 Å². The molecule has 7 nitrogen and oxygen atoms in total. The normalized spacial score (nSPS) is 15.8. The molecule has 1 aromatic heterocycles. The Kier molecular flexibility index (Phi) is 7.33. The van der Waals surface area contributed by atoms with E-state index in [-0.39, 0.29) is 5.91 Å². The van der Waals surface area contributed by atoms with Crippen LogP contribution in [0.3, 0.4) is 0 Å². The molecule has 1 unspecified atom stereocenters. The number of aromatic nitrogens is 1. The standard InChI is InChI=1S/C14H11NO2.C12H10FN3OS/c1-9-6-7-13-11(8-9)15-14(16)10-4-2-3-5-12(10)17-13;13-11-3-8(4-14)1-2-10(11)12-16-6-9(18-12)5-15-7-17/h2-8H,1H3,(H,15,16);2-3,6-8H,1,5H2,(H,15,17).